The van der Waals surface area contributed by atoms with Crippen LogP contribution in [-0.2, 0) is 20.8 Å². The number of nitrogens with zero attached hydrogens (tertiary/aromatic N) is 3. The van der Waals surface area contributed by atoms with Crippen LogP contribution in [-0.4, -0.2) is 40.6 Å². The first-order chi connectivity index (χ1) is 7.17. The van der Waals surface area contributed by atoms with Gasteiger partial charge in [-0.05, 0) is 6.92 Å². The summed E-state index contributed by atoms with van der Waals surface area (Å²) in [6.45, 7) is 1.88. The molecule has 0 saturated carbocycles. The topological polar surface area (TPSA) is 83.3 Å². The lowest BCUT2D eigenvalue weighted by Gasteiger charge is -1.97. The molecule has 0 bridgehead atoms. The van der Waals surface area contributed by atoms with E-state index in [9.17, 15) is 9.59 Å². The smallest absolute Gasteiger partial charge is 0.360 e. The van der Waals surface area contributed by atoms with E-state index in [1.807, 2.05) is 0 Å². The number of esters is 2. The molecule has 1 heterocycles. The lowest BCUT2D eigenvalue weighted by molar-refractivity contribution is -0.141. The lowest BCUT2D eigenvalue weighted by atomic mass is 10.5. The normalized spacial score (nSPS) is 9.73. The first kappa shape index (κ1) is 11.2. The third kappa shape index (κ3) is 3.04. The monoisotopic (exact) mass is 213 g/mol. The zero-order chi connectivity index (χ0) is 11.3. The summed E-state index contributed by atoms with van der Waals surface area (Å²) in [5.74, 6) is -1.02. The summed E-state index contributed by atoms with van der Waals surface area (Å²) >= 11 is 0. The molecule has 0 aliphatic rings. The van der Waals surface area contributed by atoms with Gasteiger partial charge in [0.05, 0.1) is 19.9 Å². The molecule has 0 unspecified atom stereocenters. The number of hydrogen-bond acceptors (Lipinski definition) is 6. The predicted octanol–water partition coefficient (Wildman–Crippen LogP) is -0.372. The first-order valence-corrected chi connectivity index (χ1v) is 4.31. The Bertz CT molecular complexity index is 361. The first-order valence-electron chi connectivity index (χ1n) is 4.31. The van der Waals surface area contributed by atoms with E-state index in [-0.39, 0.29) is 18.8 Å². The molecule has 0 amide bonds. The molecule has 1 aromatic rings. The molecular formula is C8H11N3O4. The molecule has 0 spiro atoms. The van der Waals surface area contributed by atoms with E-state index in [4.69, 9.17) is 4.74 Å². The van der Waals surface area contributed by atoms with Crippen molar-refractivity contribution >= 4 is 11.9 Å². The highest BCUT2D eigenvalue weighted by Gasteiger charge is 2.12. The molecular weight excluding hydrogens is 202 g/mol. The van der Waals surface area contributed by atoms with Gasteiger partial charge in [-0.25, -0.2) is 9.48 Å². The van der Waals surface area contributed by atoms with Gasteiger partial charge in [-0.1, -0.05) is 5.21 Å². The molecule has 0 aromatic carbocycles. The van der Waals surface area contributed by atoms with Crippen molar-refractivity contribution in [2.45, 2.75) is 13.5 Å². The van der Waals surface area contributed by atoms with Gasteiger partial charge in [0.15, 0.2) is 5.69 Å². The molecule has 0 fully saturated rings. The highest BCUT2D eigenvalue weighted by atomic mass is 16.5. The molecule has 0 radical (unpaired) electrons. The average Bonchev–Trinajstić information content (AvgIpc) is 2.66. The van der Waals surface area contributed by atoms with Crippen LogP contribution in [0.1, 0.15) is 17.4 Å². The van der Waals surface area contributed by atoms with Gasteiger partial charge in [-0.3, -0.25) is 4.79 Å². The average molecular weight is 213 g/mol. The van der Waals surface area contributed by atoms with Crippen LogP contribution in [0.3, 0.4) is 0 Å². The molecule has 0 N–H and O–H groups in total. The zero-order valence-electron chi connectivity index (χ0n) is 8.47. The van der Waals surface area contributed by atoms with Gasteiger partial charge in [-0.15, -0.1) is 5.10 Å². The van der Waals surface area contributed by atoms with Gasteiger partial charge in [0.2, 0.25) is 0 Å². The summed E-state index contributed by atoms with van der Waals surface area (Å²) in [5, 5.41) is 7.13. The quantitative estimate of drug-likeness (QED) is 0.634. The number of carbonyl (C=O) groups is 2. The number of ether oxygens (including phenoxy) is 2. The van der Waals surface area contributed by atoms with Crippen LogP contribution in [0.25, 0.3) is 0 Å². The van der Waals surface area contributed by atoms with Gasteiger partial charge in [0.1, 0.15) is 6.54 Å². The largest absolute Gasteiger partial charge is 0.468 e. The number of aromatic nitrogens is 3. The van der Waals surface area contributed by atoms with Gasteiger partial charge in [-0.2, -0.15) is 0 Å². The summed E-state index contributed by atoms with van der Waals surface area (Å²) in [6, 6.07) is 0. The van der Waals surface area contributed by atoms with Crippen LogP contribution in [0.4, 0.5) is 0 Å². The molecule has 82 valence electrons. The highest BCUT2D eigenvalue weighted by molar-refractivity contribution is 5.86. The van der Waals surface area contributed by atoms with Gasteiger partial charge in [0.25, 0.3) is 0 Å². The Morgan fingerprint density at radius 2 is 2.27 bits per heavy atom. The van der Waals surface area contributed by atoms with E-state index in [1.165, 1.54) is 18.0 Å². The van der Waals surface area contributed by atoms with Crippen molar-refractivity contribution < 1.29 is 19.1 Å². The van der Waals surface area contributed by atoms with Crippen molar-refractivity contribution in [3.8, 4) is 0 Å². The Morgan fingerprint density at radius 3 is 2.87 bits per heavy atom. The summed E-state index contributed by atoms with van der Waals surface area (Å²) in [7, 11) is 1.27. The molecule has 1 aromatic heterocycles. The summed E-state index contributed by atoms with van der Waals surface area (Å²) in [6.07, 6.45) is 1.33. The van der Waals surface area contributed by atoms with Crippen molar-refractivity contribution in [2.24, 2.45) is 0 Å². The van der Waals surface area contributed by atoms with E-state index in [0.717, 1.165) is 0 Å². The van der Waals surface area contributed by atoms with E-state index >= 15 is 0 Å². The maximum atomic E-state index is 11.2. The second kappa shape index (κ2) is 5.08. The van der Waals surface area contributed by atoms with Crippen molar-refractivity contribution in [2.75, 3.05) is 13.7 Å². The second-order valence-electron chi connectivity index (χ2n) is 2.60. The number of carbonyl (C=O) groups excluding carboxylic acids is 2. The standard InChI is InChI=1S/C8H11N3O4/c1-3-15-8(13)6-4-11(10-9-6)5-7(12)14-2/h4H,3,5H2,1-2H3. The number of hydrogen-bond donors (Lipinski definition) is 0. The Balaban J connectivity index is 2.63. The Labute approximate surface area is 86.0 Å². The molecule has 0 saturated heterocycles. The number of methoxy groups -OCH3 is 1. The molecule has 1 rings (SSSR count). The molecule has 7 nitrogen and oxygen atoms in total. The SMILES string of the molecule is CCOC(=O)c1cn(CC(=O)OC)nn1. The molecule has 0 atom stereocenters. The second-order valence-corrected chi connectivity index (χ2v) is 2.60. The maximum Gasteiger partial charge on any atom is 0.360 e. The van der Waals surface area contributed by atoms with Crippen LogP contribution in [0.5, 0.6) is 0 Å². The van der Waals surface area contributed by atoms with E-state index in [1.54, 1.807) is 6.92 Å². The molecule has 0 aliphatic heterocycles. The third-order valence-electron chi connectivity index (χ3n) is 1.54. The zero-order valence-corrected chi connectivity index (χ0v) is 8.47. The van der Waals surface area contributed by atoms with E-state index < -0.39 is 11.9 Å². The third-order valence-corrected chi connectivity index (χ3v) is 1.54. The number of rotatable bonds is 4. The Morgan fingerprint density at radius 1 is 1.53 bits per heavy atom. The lowest BCUT2D eigenvalue weighted by Crippen LogP contribution is -2.12. The summed E-state index contributed by atoms with van der Waals surface area (Å²) < 4.78 is 10.3. The maximum absolute atomic E-state index is 11.2. The Kier molecular flexibility index (Phi) is 3.78. The minimum Gasteiger partial charge on any atom is -0.468 e. The minimum absolute atomic E-state index is 0.0701. The van der Waals surface area contributed by atoms with Crippen LogP contribution in [0, 0.1) is 0 Å². The van der Waals surface area contributed by atoms with Crippen molar-refractivity contribution in [1.82, 2.24) is 15.0 Å². The fourth-order valence-corrected chi connectivity index (χ4v) is 0.871. The predicted molar refractivity (Wildman–Crippen MR) is 48.0 cm³/mol. The van der Waals surface area contributed by atoms with Crippen LogP contribution >= 0.6 is 0 Å². The van der Waals surface area contributed by atoms with Gasteiger partial charge >= 0.3 is 11.9 Å². The molecule has 7 heteroatoms. The fourth-order valence-electron chi connectivity index (χ4n) is 0.871. The van der Waals surface area contributed by atoms with Gasteiger partial charge in [0, 0.05) is 0 Å². The van der Waals surface area contributed by atoms with Crippen LogP contribution in [0.15, 0.2) is 6.20 Å². The van der Waals surface area contributed by atoms with Crippen LogP contribution < -0.4 is 0 Å². The summed E-state index contributed by atoms with van der Waals surface area (Å²) in [4.78, 5) is 22.0. The molecule has 0 aliphatic carbocycles. The van der Waals surface area contributed by atoms with Gasteiger partial charge < -0.3 is 9.47 Å². The van der Waals surface area contributed by atoms with E-state index in [2.05, 4.69) is 15.0 Å². The van der Waals surface area contributed by atoms with Crippen molar-refractivity contribution in [1.29, 1.82) is 0 Å². The van der Waals surface area contributed by atoms with Crippen molar-refractivity contribution in [3.05, 3.63) is 11.9 Å². The molecule has 15 heavy (non-hydrogen) atoms. The van der Waals surface area contributed by atoms with Crippen LogP contribution in [0.2, 0.25) is 0 Å². The van der Waals surface area contributed by atoms with Crippen molar-refractivity contribution in [3.63, 3.8) is 0 Å². The summed E-state index contributed by atoms with van der Waals surface area (Å²) in [5.41, 5.74) is 0.0701. The fraction of sp³-hybridized carbons (Fsp3) is 0.500. The Hall–Kier alpha value is -1.92. The van der Waals surface area contributed by atoms with E-state index in [0.29, 0.717) is 0 Å². The highest BCUT2D eigenvalue weighted by Crippen LogP contribution is 1.96. The minimum atomic E-state index is -0.561.